The first-order chi connectivity index (χ1) is 14.7. The van der Waals surface area contributed by atoms with Crippen molar-refractivity contribution in [2.45, 2.75) is 25.7 Å². The SMILES string of the molecule is Cc1ccc(C(=O)N2CCCC(c3nc4ccc(-c5cccnc5)cn4n3)C2)nc1. The minimum Gasteiger partial charge on any atom is -0.337 e. The number of carbonyl (C=O) groups is 1. The van der Waals surface area contributed by atoms with Crippen molar-refractivity contribution in [3.8, 4) is 11.1 Å². The van der Waals surface area contributed by atoms with Crippen LogP contribution in [0.2, 0.25) is 0 Å². The van der Waals surface area contributed by atoms with Crippen LogP contribution in [0.25, 0.3) is 16.8 Å². The van der Waals surface area contributed by atoms with Gasteiger partial charge in [0.2, 0.25) is 0 Å². The average Bonchev–Trinajstić information content (AvgIpc) is 3.23. The van der Waals surface area contributed by atoms with Gasteiger partial charge in [-0.05, 0) is 49.6 Å². The summed E-state index contributed by atoms with van der Waals surface area (Å²) in [6, 6.07) is 11.7. The lowest BCUT2D eigenvalue weighted by molar-refractivity contribution is 0.0698. The van der Waals surface area contributed by atoms with E-state index >= 15 is 0 Å². The van der Waals surface area contributed by atoms with Crippen LogP contribution < -0.4 is 0 Å². The number of aromatic nitrogens is 5. The van der Waals surface area contributed by atoms with Gasteiger partial charge in [0.1, 0.15) is 5.69 Å². The first kappa shape index (κ1) is 18.4. The number of rotatable bonds is 3. The summed E-state index contributed by atoms with van der Waals surface area (Å²) in [6.07, 6.45) is 9.21. The van der Waals surface area contributed by atoms with Gasteiger partial charge in [-0.1, -0.05) is 12.1 Å². The molecule has 1 unspecified atom stereocenters. The van der Waals surface area contributed by atoms with Gasteiger partial charge in [0, 0.05) is 54.9 Å². The first-order valence-electron chi connectivity index (χ1n) is 10.2. The molecule has 0 saturated carbocycles. The third kappa shape index (κ3) is 3.54. The zero-order chi connectivity index (χ0) is 20.5. The Morgan fingerprint density at radius 1 is 1.10 bits per heavy atom. The lowest BCUT2D eigenvalue weighted by Crippen LogP contribution is -2.39. The zero-order valence-electron chi connectivity index (χ0n) is 16.8. The maximum atomic E-state index is 12.9. The molecule has 5 heterocycles. The van der Waals surface area contributed by atoms with Gasteiger partial charge >= 0.3 is 0 Å². The van der Waals surface area contributed by atoms with Crippen molar-refractivity contribution in [1.82, 2.24) is 29.5 Å². The van der Waals surface area contributed by atoms with Crippen molar-refractivity contribution in [1.29, 1.82) is 0 Å². The molecule has 7 heteroatoms. The summed E-state index contributed by atoms with van der Waals surface area (Å²) in [4.78, 5) is 28.0. The van der Waals surface area contributed by atoms with Crippen molar-refractivity contribution in [3.63, 3.8) is 0 Å². The number of fused-ring (bicyclic) bond motifs is 1. The molecule has 30 heavy (non-hydrogen) atoms. The highest BCUT2D eigenvalue weighted by atomic mass is 16.2. The number of aryl methyl sites for hydroxylation is 1. The highest BCUT2D eigenvalue weighted by molar-refractivity contribution is 5.92. The molecule has 4 aromatic rings. The molecule has 7 nitrogen and oxygen atoms in total. The summed E-state index contributed by atoms with van der Waals surface area (Å²) in [5, 5.41) is 4.73. The Balaban J connectivity index is 1.38. The number of piperidine rings is 1. The van der Waals surface area contributed by atoms with E-state index in [4.69, 9.17) is 10.1 Å². The average molecular weight is 398 g/mol. The van der Waals surface area contributed by atoms with Gasteiger partial charge in [0.15, 0.2) is 11.5 Å². The fraction of sp³-hybridized carbons (Fsp3) is 0.261. The minimum absolute atomic E-state index is 0.0256. The van der Waals surface area contributed by atoms with Crippen LogP contribution >= 0.6 is 0 Å². The molecule has 0 spiro atoms. The summed E-state index contributed by atoms with van der Waals surface area (Å²) in [7, 11) is 0. The number of carbonyl (C=O) groups excluding carboxylic acids is 1. The number of hydrogen-bond acceptors (Lipinski definition) is 5. The maximum Gasteiger partial charge on any atom is 0.272 e. The fourth-order valence-corrected chi connectivity index (χ4v) is 3.91. The largest absolute Gasteiger partial charge is 0.337 e. The number of nitrogens with zero attached hydrogens (tertiary/aromatic N) is 6. The number of hydrogen-bond donors (Lipinski definition) is 0. The summed E-state index contributed by atoms with van der Waals surface area (Å²) in [5.41, 5.74) is 4.42. The normalized spacial score (nSPS) is 16.7. The Morgan fingerprint density at radius 3 is 2.83 bits per heavy atom. The van der Waals surface area contributed by atoms with E-state index in [1.54, 1.807) is 18.5 Å². The highest BCUT2D eigenvalue weighted by Gasteiger charge is 2.28. The van der Waals surface area contributed by atoms with Gasteiger partial charge in [0.05, 0.1) is 0 Å². The van der Waals surface area contributed by atoms with Crippen LogP contribution in [0.4, 0.5) is 0 Å². The quantitative estimate of drug-likeness (QED) is 0.528. The molecule has 0 N–H and O–H groups in total. The molecule has 1 fully saturated rings. The molecule has 1 aliphatic heterocycles. The fourth-order valence-electron chi connectivity index (χ4n) is 3.91. The van der Waals surface area contributed by atoms with Crippen molar-refractivity contribution >= 4 is 11.6 Å². The number of likely N-dealkylation sites (tertiary alicyclic amines) is 1. The van der Waals surface area contributed by atoms with Gasteiger partial charge < -0.3 is 4.90 Å². The Morgan fingerprint density at radius 2 is 2.03 bits per heavy atom. The molecule has 1 atom stereocenters. The van der Waals surface area contributed by atoms with Crippen LogP contribution in [-0.4, -0.2) is 48.5 Å². The first-order valence-corrected chi connectivity index (χ1v) is 10.2. The zero-order valence-corrected chi connectivity index (χ0v) is 16.8. The van der Waals surface area contributed by atoms with Gasteiger partial charge in [-0.2, -0.15) is 5.10 Å². The molecule has 1 amide bonds. The molecule has 5 rings (SSSR count). The van der Waals surface area contributed by atoms with Crippen molar-refractivity contribution < 1.29 is 4.79 Å². The van der Waals surface area contributed by atoms with Crippen molar-refractivity contribution in [3.05, 3.63) is 78.3 Å². The Bertz CT molecular complexity index is 1190. The van der Waals surface area contributed by atoms with E-state index in [0.29, 0.717) is 12.2 Å². The smallest absolute Gasteiger partial charge is 0.272 e. The molecule has 0 bridgehead atoms. The number of amides is 1. The van der Waals surface area contributed by atoms with Crippen LogP contribution in [-0.2, 0) is 0 Å². The Hall–Kier alpha value is -3.61. The maximum absolute atomic E-state index is 12.9. The monoisotopic (exact) mass is 398 g/mol. The van der Waals surface area contributed by atoms with Gasteiger partial charge in [-0.3, -0.25) is 14.8 Å². The molecule has 0 aliphatic carbocycles. The summed E-state index contributed by atoms with van der Waals surface area (Å²) >= 11 is 0. The van der Waals surface area contributed by atoms with E-state index in [0.717, 1.165) is 47.5 Å². The van der Waals surface area contributed by atoms with E-state index in [1.165, 1.54) is 0 Å². The standard InChI is InChI=1S/C23H22N6O/c1-16-6-8-20(25-12-16)23(30)28-11-3-5-19(14-28)22-26-21-9-7-18(15-29(21)27-22)17-4-2-10-24-13-17/h2,4,6-10,12-13,15,19H,3,5,11,14H2,1H3. The molecule has 0 radical (unpaired) electrons. The van der Waals surface area contributed by atoms with Crippen LogP contribution in [0, 0.1) is 6.92 Å². The van der Waals surface area contributed by atoms with E-state index in [-0.39, 0.29) is 11.8 Å². The molecular formula is C23H22N6O. The van der Waals surface area contributed by atoms with Crippen molar-refractivity contribution in [2.75, 3.05) is 13.1 Å². The molecule has 4 aromatic heterocycles. The number of pyridine rings is 3. The van der Waals surface area contributed by atoms with Crippen LogP contribution in [0.3, 0.4) is 0 Å². The molecule has 0 aromatic carbocycles. The predicted octanol–water partition coefficient (Wildman–Crippen LogP) is 3.51. The molecule has 150 valence electrons. The molecular weight excluding hydrogens is 376 g/mol. The van der Waals surface area contributed by atoms with Crippen LogP contribution in [0.5, 0.6) is 0 Å². The van der Waals surface area contributed by atoms with Crippen LogP contribution in [0.1, 0.15) is 40.6 Å². The highest BCUT2D eigenvalue weighted by Crippen LogP contribution is 2.27. The predicted molar refractivity (Wildman–Crippen MR) is 113 cm³/mol. The third-order valence-corrected chi connectivity index (χ3v) is 5.55. The van der Waals surface area contributed by atoms with Crippen molar-refractivity contribution in [2.24, 2.45) is 0 Å². The minimum atomic E-state index is -0.0256. The summed E-state index contributed by atoms with van der Waals surface area (Å²) in [5.74, 6) is 0.880. The van der Waals surface area contributed by atoms with Gasteiger partial charge in [0.25, 0.3) is 5.91 Å². The Labute approximate surface area is 174 Å². The topological polar surface area (TPSA) is 76.3 Å². The summed E-state index contributed by atoms with van der Waals surface area (Å²) in [6.45, 7) is 3.32. The summed E-state index contributed by atoms with van der Waals surface area (Å²) < 4.78 is 1.82. The second-order valence-corrected chi connectivity index (χ2v) is 7.74. The molecule has 1 saturated heterocycles. The Kier molecular flexibility index (Phi) is 4.71. The van der Waals surface area contributed by atoms with Gasteiger partial charge in [-0.15, -0.1) is 0 Å². The van der Waals surface area contributed by atoms with Crippen LogP contribution in [0.15, 0.2) is 61.2 Å². The van der Waals surface area contributed by atoms with E-state index in [9.17, 15) is 4.79 Å². The third-order valence-electron chi connectivity index (χ3n) is 5.55. The molecule has 1 aliphatic rings. The lowest BCUT2D eigenvalue weighted by atomic mass is 9.97. The van der Waals surface area contributed by atoms with E-state index < -0.39 is 0 Å². The van der Waals surface area contributed by atoms with E-state index in [1.807, 2.05) is 59.1 Å². The lowest BCUT2D eigenvalue weighted by Gasteiger charge is -2.31. The second kappa shape index (κ2) is 7.67. The second-order valence-electron chi connectivity index (χ2n) is 7.74. The van der Waals surface area contributed by atoms with E-state index in [2.05, 4.69) is 9.97 Å². The van der Waals surface area contributed by atoms with Gasteiger partial charge in [-0.25, -0.2) is 9.50 Å².